The molecule has 0 saturated carbocycles. The van der Waals surface area contributed by atoms with E-state index in [1.165, 1.54) is 0 Å². The van der Waals surface area contributed by atoms with Gasteiger partial charge in [0, 0.05) is 11.3 Å². The van der Waals surface area contributed by atoms with Crippen LogP contribution in [0.1, 0.15) is 20.3 Å². The van der Waals surface area contributed by atoms with Gasteiger partial charge in [0.2, 0.25) is 0 Å². The van der Waals surface area contributed by atoms with E-state index in [1.54, 1.807) is 6.92 Å². The molecular formula is C9H12O2. The molecule has 11 heavy (non-hydrogen) atoms. The van der Waals surface area contributed by atoms with Crippen molar-refractivity contribution in [3.05, 3.63) is 12.2 Å². The Kier molecular flexibility index (Phi) is 1.94. The molecule has 0 aromatic rings. The van der Waals surface area contributed by atoms with E-state index in [2.05, 4.69) is 0 Å². The number of allylic oxidation sites excluding steroid dienone is 2. The van der Waals surface area contributed by atoms with E-state index in [-0.39, 0.29) is 11.7 Å². The Morgan fingerprint density at radius 1 is 1.73 bits per heavy atom. The highest BCUT2D eigenvalue weighted by Gasteiger charge is 2.31. The summed E-state index contributed by atoms with van der Waals surface area (Å²) in [5.74, 6) is 0.108. The van der Waals surface area contributed by atoms with Crippen LogP contribution in [0.3, 0.4) is 0 Å². The Hall–Kier alpha value is -0.920. The lowest BCUT2D eigenvalue weighted by atomic mass is 9.88. The first-order valence-electron chi connectivity index (χ1n) is 3.73. The highest BCUT2D eigenvalue weighted by Crippen LogP contribution is 2.33. The lowest BCUT2D eigenvalue weighted by molar-refractivity contribution is -0.120. The lowest BCUT2D eigenvalue weighted by Crippen LogP contribution is -2.16. The van der Waals surface area contributed by atoms with E-state index < -0.39 is 5.41 Å². The van der Waals surface area contributed by atoms with E-state index in [4.69, 9.17) is 0 Å². The van der Waals surface area contributed by atoms with Crippen LogP contribution in [0.4, 0.5) is 0 Å². The van der Waals surface area contributed by atoms with Crippen LogP contribution in [-0.4, -0.2) is 12.1 Å². The fraction of sp³-hybridized carbons (Fsp3) is 0.556. The minimum atomic E-state index is -0.393. The van der Waals surface area contributed by atoms with Gasteiger partial charge in [-0.05, 0) is 20.3 Å². The Bertz CT molecular complexity index is 218. The molecule has 0 fully saturated rings. The molecule has 60 valence electrons. The molecule has 0 bridgehead atoms. The molecule has 0 N–H and O–H groups in total. The van der Waals surface area contributed by atoms with E-state index in [1.807, 2.05) is 19.1 Å². The third-order valence-corrected chi connectivity index (χ3v) is 2.16. The van der Waals surface area contributed by atoms with E-state index in [0.717, 1.165) is 6.29 Å². The van der Waals surface area contributed by atoms with E-state index in [0.29, 0.717) is 6.42 Å². The van der Waals surface area contributed by atoms with Gasteiger partial charge in [-0.15, -0.1) is 0 Å². The quantitative estimate of drug-likeness (QED) is 0.442. The van der Waals surface area contributed by atoms with Gasteiger partial charge in [0.15, 0.2) is 0 Å². The van der Waals surface area contributed by atoms with E-state index >= 15 is 0 Å². The fourth-order valence-electron chi connectivity index (χ4n) is 1.31. The first-order chi connectivity index (χ1) is 5.07. The fourth-order valence-corrected chi connectivity index (χ4v) is 1.31. The maximum absolute atomic E-state index is 10.9. The highest BCUT2D eigenvalue weighted by molar-refractivity contribution is 5.82. The van der Waals surface area contributed by atoms with Gasteiger partial charge >= 0.3 is 0 Å². The largest absolute Gasteiger partial charge is 0.302 e. The molecule has 0 saturated heterocycles. The summed E-state index contributed by atoms with van der Waals surface area (Å²) in [6.45, 7) is 3.41. The number of hydrogen-bond acceptors (Lipinski definition) is 2. The van der Waals surface area contributed by atoms with Crippen LogP contribution >= 0.6 is 0 Å². The summed E-state index contributed by atoms with van der Waals surface area (Å²) in [6.07, 6.45) is 5.21. The normalized spacial score (nSPS) is 35.6. The first-order valence-corrected chi connectivity index (χ1v) is 3.73. The Morgan fingerprint density at radius 3 is 2.64 bits per heavy atom. The molecule has 1 aliphatic rings. The molecule has 2 atom stereocenters. The van der Waals surface area contributed by atoms with Crippen LogP contribution < -0.4 is 0 Å². The van der Waals surface area contributed by atoms with Gasteiger partial charge in [-0.3, -0.25) is 4.79 Å². The molecule has 0 aliphatic heterocycles. The van der Waals surface area contributed by atoms with Crippen molar-refractivity contribution in [2.75, 3.05) is 0 Å². The summed E-state index contributed by atoms with van der Waals surface area (Å²) < 4.78 is 0. The van der Waals surface area contributed by atoms with Gasteiger partial charge in [0.05, 0.1) is 0 Å². The van der Waals surface area contributed by atoms with Crippen LogP contribution in [0.5, 0.6) is 0 Å². The van der Waals surface area contributed by atoms with Gasteiger partial charge in [-0.2, -0.15) is 0 Å². The van der Waals surface area contributed by atoms with Gasteiger partial charge in [0.25, 0.3) is 0 Å². The van der Waals surface area contributed by atoms with Crippen LogP contribution in [0.2, 0.25) is 0 Å². The predicted molar refractivity (Wildman–Crippen MR) is 42.1 cm³/mol. The van der Waals surface area contributed by atoms with Crippen molar-refractivity contribution in [2.45, 2.75) is 20.3 Å². The van der Waals surface area contributed by atoms with Gasteiger partial charge in [0.1, 0.15) is 12.1 Å². The number of hydrogen-bond donors (Lipinski definition) is 0. The first kappa shape index (κ1) is 8.18. The van der Waals surface area contributed by atoms with Crippen molar-refractivity contribution in [3.8, 4) is 0 Å². The molecule has 0 radical (unpaired) electrons. The van der Waals surface area contributed by atoms with Crippen LogP contribution in [0.15, 0.2) is 12.2 Å². The molecule has 0 heterocycles. The molecule has 1 aliphatic carbocycles. The van der Waals surface area contributed by atoms with Crippen LogP contribution in [0.25, 0.3) is 0 Å². The zero-order valence-corrected chi connectivity index (χ0v) is 6.83. The second kappa shape index (κ2) is 2.61. The topological polar surface area (TPSA) is 34.1 Å². The smallest absolute Gasteiger partial charge is 0.136 e. The van der Waals surface area contributed by atoms with Gasteiger partial charge < -0.3 is 4.79 Å². The molecule has 0 amide bonds. The average Bonchev–Trinajstić information content (AvgIpc) is 2.33. The number of Topliss-reactive ketones (excluding diaryl/α,β-unsaturated/α-hetero) is 1. The van der Waals surface area contributed by atoms with Crippen molar-refractivity contribution in [3.63, 3.8) is 0 Å². The third kappa shape index (κ3) is 1.56. The molecule has 0 spiro atoms. The second-order valence-corrected chi connectivity index (χ2v) is 3.40. The molecule has 0 aromatic carbocycles. The maximum Gasteiger partial charge on any atom is 0.136 e. The van der Waals surface area contributed by atoms with Crippen molar-refractivity contribution < 1.29 is 9.59 Å². The number of carbonyl (C=O) groups excluding carboxylic acids is 2. The van der Waals surface area contributed by atoms with Gasteiger partial charge in [-0.1, -0.05) is 12.2 Å². The van der Waals surface area contributed by atoms with Crippen LogP contribution in [-0.2, 0) is 9.59 Å². The van der Waals surface area contributed by atoms with Crippen molar-refractivity contribution in [1.29, 1.82) is 0 Å². The third-order valence-electron chi connectivity index (χ3n) is 2.16. The van der Waals surface area contributed by atoms with Crippen molar-refractivity contribution in [1.82, 2.24) is 0 Å². The van der Waals surface area contributed by atoms with Crippen LogP contribution in [0, 0.1) is 11.3 Å². The summed E-state index contributed by atoms with van der Waals surface area (Å²) in [5.41, 5.74) is -0.393. The zero-order valence-electron chi connectivity index (χ0n) is 6.83. The summed E-state index contributed by atoms with van der Waals surface area (Å²) >= 11 is 0. The van der Waals surface area contributed by atoms with Gasteiger partial charge in [-0.25, -0.2) is 0 Å². The summed E-state index contributed by atoms with van der Waals surface area (Å²) in [7, 11) is 0. The number of aldehydes is 1. The highest BCUT2D eigenvalue weighted by atomic mass is 16.1. The van der Waals surface area contributed by atoms with E-state index in [9.17, 15) is 9.59 Å². The zero-order chi connectivity index (χ0) is 8.48. The molecule has 1 rings (SSSR count). The Morgan fingerprint density at radius 2 is 2.36 bits per heavy atom. The molecule has 0 aromatic heterocycles. The lowest BCUT2D eigenvalue weighted by Gasteiger charge is -2.13. The SMILES string of the molecule is CC(=O)[C@H]1C=C[C@](C)(C=O)C1. The predicted octanol–water partition coefficient (Wildman–Crippen LogP) is 1.36. The van der Waals surface area contributed by atoms with Crippen molar-refractivity contribution in [2.24, 2.45) is 11.3 Å². The Balaban J connectivity index is 2.69. The Labute approximate surface area is 66.3 Å². The molecule has 0 unspecified atom stereocenters. The molecule has 2 nitrogen and oxygen atoms in total. The summed E-state index contributed by atoms with van der Waals surface area (Å²) in [6, 6.07) is 0. The van der Waals surface area contributed by atoms with Crippen molar-refractivity contribution >= 4 is 12.1 Å². The molecular weight excluding hydrogens is 140 g/mol. The minimum Gasteiger partial charge on any atom is -0.302 e. The summed E-state index contributed by atoms with van der Waals surface area (Å²) in [5, 5.41) is 0. The maximum atomic E-state index is 10.9. The molecule has 2 heteroatoms. The standard InChI is InChI=1S/C9H12O2/c1-7(11)8-3-4-9(2,5-8)6-10/h3-4,6,8H,5H2,1-2H3/t8-,9-/m0/s1. The average molecular weight is 152 g/mol. The summed E-state index contributed by atoms with van der Waals surface area (Å²) in [4.78, 5) is 21.4. The monoisotopic (exact) mass is 152 g/mol. The minimum absolute atomic E-state index is 0.0369. The number of rotatable bonds is 2. The number of ketones is 1. The second-order valence-electron chi connectivity index (χ2n) is 3.40. The number of carbonyl (C=O) groups is 2.